The van der Waals surface area contributed by atoms with Gasteiger partial charge in [-0.25, -0.2) is 4.98 Å². The molecule has 130 valence electrons. The van der Waals surface area contributed by atoms with Gasteiger partial charge in [0.25, 0.3) is 0 Å². The molecule has 5 nitrogen and oxygen atoms in total. The van der Waals surface area contributed by atoms with Crippen LogP contribution in [0.1, 0.15) is 17.2 Å². The van der Waals surface area contributed by atoms with Crippen LogP contribution in [0.2, 0.25) is 5.02 Å². The zero-order valence-electron chi connectivity index (χ0n) is 13.6. The zero-order chi connectivity index (χ0) is 17.6. The van der Waals surface area contributed by atoms with E-state index in [2.05, 4.69) is 10.3 Å². The van der Waals surface area contributed by atoms with E-state index in [1.165, 1.54) is 11.8 Å². The van der Waals surface area contributed by atoms with Gasteiger partial charge in [0.2, 0.25) is 11.8 Å². The highest BCUT2D eigenvalue weighted by atomic mass is 35.5. The molecule has 1 N–H and O–H groups in total. The summed E-state index contributed by atoms with van der Waals surface area (Å²) in [5.41, 5.74) is 1.67. The van der Waals surface area contributed by atoms with Crippen LogP contribution >= 0.6 is 23.4 Å². The lowest BCUT2D eigenvalue weighted by molar-refractivity contribution is -0.118. The molecule has 3 aromatic rings. The summed E-state index contributed by atoms with van der Waals surface area (Å²) >= 11 is 7.49. The van der Waals surface area contributed by atoms with Crippen LogP contribution in [0.25, 0.3) is 11.5 Å². The molecule has 0 fully saturated rings. The maximum absolute atomic E-state index is 11.8. The van der Waals surface area contributed by atoms with E-state index in [4.69, 9.17) is 20.4 Å². The van der Waals surface area contributed by atoms with Crippen LogP contribution in [0.15, 0.2) is 51.5 Å². The normalized spacial score (nSPS) is 10.8. The van der Waals surface area contributed by atoms with Gasteiger partial charge in [0, 0.05) is 16.3 Å². The summed E-state index contributed by atoms with van der Waals surface area (Å²) in [5, 5.41) is 3.45. The van der Waals surface area contributed by atoms with Crippen LogP contribution in [0.4, 0.5) is 0 Å². The van der Waals surface area contributed by atoms with E-state index in [0.29, 0.717) is 29.0 Å². The molecule has 0 radical (unpaired) electrons. The number of aromatic nitrogens is 1. The summed E-state index contributed by atoms with van der Waals surface area (Å²) in [5.74, 6) is 2.93. The Bertz CT molecular complexity index is 846. The molecule has 2 heterocycles. The van der Waals surface area contributed by atoms with Gasteiger partial charge < -0.3 is 14.2 Å². The first-order chi connectivity index (χ1) is 12.1. The number of rotatable bonds is 7. The Morgan fingerprint density at radius 1 is 1.32 bits per heavy atom. The number of nitrogens with zero attached hydrogens (tertiary/aromatic N) is 1. The number of carbonyl (C=O) groups excluding carboxylic acids is 1. The molecule has 0 aliphatic heterocycles. The van der Waals surface area contributed by atoms with E-state index in [0.717, 1.165) is 22.8 Å². The van der Waals surface area contributed by atoms with E-state index in [1.54, 1.807) is 18.4 Å². The molecule has 0 saturated heterocycles. The molecular formula is C18H17ClN2O3S. The van der Waals surface area contributed by atoms with E-state index < -0.39 is 0 Å². The molecule has 0 atom stereocenters. The molecule has 3 rings (SSSR count). The molecule has 1 aromatic carbocycles. The minimum absolute atomic E-state index is 0.0439. The highest BCUT2D eigenvalue weighted by Crippen LogP contribution is 2.26. The third kappa shape index (κ3) is 4.90. The highest BCUT2D eigenvalue weighted by molar-refractivity contribution is 7.99. The smallest absolute Gasteiger partial charge is 0.230 e. The first-order valence-corrected chi connectivity index (χ1v) is 9.24. The third-order valence-electron chi connectivity index (χ3n) is 3.48. The fourth-order valence-corrected chi connectivity index (χ4v) is 3.24. The van der Waals surface area contributed by atoms with Gasteiger partial charge in [-0.3, -0.25) is 4.79 Å². The zero-order valence-corrected chi connectivity index (χ0v) is 15.2. The van der Waals surface area contributed by atoms with Gasteiger partial charge in [-0.15, -0.1) is 11.8 Å². The second-order valence-electron chi connectivity index (χ2n) is 5.38. The third-order valence-corrected chi connectivity index (χ3v) is 4.66. The Morgan fingerprint density at radius 2 is 2.20 bits per heavy atom. The molecule has 0 unspecified atom stereocenters. The Labute approximate surface area is 154 Å². The van der Waals surface area contributed by atoms with E-state index >= 15 is 0 Å². The monoisotopic (exact) mass is 376 g/mol. The fourth-order valence-electron chi connectivity index (χ4n) is 2.20. The van der Waals surface area contributed by atoms with E-state index in [9.17, 15) is 4.79 Å². The van der Waals surface area contributed by atoms with Crippen LogP contribution < -0.4 is 5.32 Å². The molecule has 25 heavy (non-hydrogen) atoms. The highest BCUT2D eigenvalue weighted by Gasteiger charge is 2.12. The van der Waals surface area contributed by atoms with Gasteiger partial charge in [-0.1, -0.05) is 17.7 Å². The summed E-state index contributed by atoms with van der Waals surface area (Å²) in [4.78, 5) is 16.4. The average Bonchev–Trinajstić information content (AvgIpc) is 3.23. The largest absolute Gasteiger partial charge is 0.467 e. The lowest BCUT2D eigenvalue weighted by Gasteiger charge is -2.02. The van der Waals surface area contributed by atoms with Gasteiger partial charge in [-0.05, 0) is 37.3 Å². The van der Waals surface area contributed by atoms with Crippen LogP contribution in [0.3, 0.4) is 0 Å². The van der Waals surface area contributed by atoms with Gasteiger partial charge in [0.05, 0.1) is 24.3 Å². The standard InChI is InChI=1S/C18H17ClN2O3S/c1-12-16(21-18(24-12)13-4-2-5-14(19)8-13)10-25-11-17(22)20-9-15-6-3-7-23-15/h2-8H,9-11H2,1H3,(H,20,22). The van der Waals surface area contributed by atoms with Gasteiger partial charge in [0.1, 0.15) is 11.5 Å². The van der Waals surface area contributed by atoms with Crippen molar-refractivity contribution in [3.8, 4) is 11.5 Å². The molecular weight excluding hydrogens is 360 g/mol. The summed E-state index contributed by atoms with van der Waals surface area (Å²) in [7, 11) is 0. The maximum atomic E-state index is 11.8. The van der Waals surface area contributed by atoms with Crippen molar-refractivity contribution in [2.24, 2.45) is 0 Å². The second kappa shape index (κ2) is 8.27. The van der Waals surface area contributed by atoms with Crippen LogP contribution in [-0.4, -0.2) is 16.6 Å². The molecule has 0 saturated carbocycles. The SMILES string of the molecule is Cc1oc(-c2cccc(Cl)c2)nc1CSCC(=O)NCc1ccco1. The molecule has 0 aliphatic rings. The van der Waals surface area contributed by atoms with Crippen molar-refractivity contribution in [1.29, 1.82) is 0 Å². The average molecular weight is 377 g/mol. The van der Waals surface area contributed by atoms with Crippen molar-refractivity contribution in [2.45, 2.75) is 19.2 Å². The van der Waals surface area contributed by atoms with Crippen molar-refractivity contribution in [1.82, 2.24) is 10.3 Å². The topological polar surface area (TPSA) is 68.3 Å². The van der Waals surface area contributed by atoms with Crippen LogP contribution in [0, 0.1) is 6.92 Å². The first-order valence-electron chi connectivity index (χ1n) is 7.71. The number of nitrogens with one attached hydrogen (secondary N) is 1. The Balaban J connectivity index is 1.51. The Kier molecular flexibility index (Phi) is 5.83. The molecule has 7 heteroatoms. The minimum atomic E-state index is -0.0439. The lowest BCUT2D eigenvalue weighted by atomic mass is 10.2. The summed E-state index contributed by atoms with van der Waals surface area (Å²) in [6.07, 6.45) is 1.58. The number of hydrogen-bond donors (Lipinski definition) is 1. The van der Waals surface area contributed by atoms with Gasteiger partial charge >= 0.3 is 0 Å². The number of furan rings is 1. The summed E-state index contributed by atoms with van der Waals surface area (Å²) < 4.78 is 10.9. The molecule has 0 bridgehead atoms. The van der Waals surface area contributed by atoms with Crippen molar-refractivity contribution in [3.63, 3.8) is 0 Å². The number of halogens is 1. The van der Waals surface area contributed by atoms with Crippen molar-refractivity contribution in [2.75, 3.05) is 5.75 Å². The second-order valence-corrected chi connectivity index (χ2v) is 6.80. The minimum Gasteiger partial charge on any atom is -0.467 e. The molecule has 1 amide bonds. The molecule has 2 aromatic heterocycles. The molecule has 0 aliphatic carbocycles. The van der Waals surface area contributed by atoms with Crippen LogP contribution in [-0.2, 0) is 17.1 Å². The number of hydrogen-bond acceptors (Lipinski definition) is 5. The molecule has 0 spiro atoms. The fraction of sp³-hybridized carbons (Fsp3) is 0.222. The van der Waals surface area contributed by atoms with Gasteiger partial charge in [0.15, 0.2) is 0 Å². The number of benzene rings is 1. The number of carbonyl (C=O) groups is 1. The van der Waals surface area contributed by atoms with Crippen molar-refractivity contribution in [3.05, 3.63) is 64.9 Å². The lowest BCUT2D eigenvalue weighted by Crippen LogP contribution is -2.24. The number of thioether (sulfide) groups is 1. The number of oxazole rings is 1. The van der Waals surface area contributed by atoms with Crippen molar-refractivity contribution < 1.29 is 13.6 Å². The Hall–Kier alpha value is -2.18. The van der Waals surface area contributed by atoms with Crippen LogP contribution in [0.5, 0.6) is 0 Å². The predicted octanol–water partition coefficient (Wildman–Crippen LogP) is 4.45. The Morgan fingerprint density at radius 3 is 2.96 bits per heavy atom. The quantitative estimate of drug-likeness (QED) is 0.659. The number of aryl methyl sites for hydroxylation is 1. The first kappa shape index (κ1) is 17.6. The van der Waals surface area contributed by atoms with E-state index in [-0.39, 0.29) is 5.91 Å². The summed E-state index contributed by atoms with van der Waals surface area (Å²) in [6, 6.07) is 11.0. The van der Waals surface area contributed by atoms with Crippen molar-refractivity contribution >= 4 is 29.3 Å². The van der Waals surface area contributed by atoms with Gasteiger partial charge in [-0.2, -0.15) is 0 Å². The summed E-state index contributed by atoms with van der Waals surface area (Å²) in [6.45, 7) is 2.27. The number of amides is 1. The predicted molar refractivity (Wildman–Crippen MR) is 98.4 cm³/mol. The van der Waals surface area contributed by atoms with E-state index in [1.807, 2.05) is 31.2 Å². The maximum Gasteiger partial charge on any atom is 0.230 e.